The molecule has 1 aliphatic rings. The van der Waals surface area contributed by atoms with Crippen LogP contribution in [0.25, 0.3) is 0 Å². The van der Waals surface area contributed by atoms with Crippen molar-refractivity contribution in [3.63, 3.8) is 0 Å². The number of para-hydroxylation sites is 1. The average Bonchev–Trinajstić information content (AvgIpc) is 2.80. The van der Waals surface area contributed by atoms with Crippen molar-refractivity contribution in [1.82, 2.24) is 10.2 Å². The fourth-order valence-corrected chi connectivity index (χ4v) is 3.86. The maximum absolute atomic E-state index is 12.9. The summed E-state index contributed by atoms with van der Waals surface area (Å²) < 4.78 is 5.89. The number of carbonyl (C=O) groups is 1. The van der Waals surface area contributed by atoms with E-state index in [4.69, 9.17) is 4.74 Å². The summed E-state index contributed by atoms with van der Waals surface area (Å²) in [5, 5.41) is 3.30. The van der Waals surface area contributed by atoms with Gasteiger partial charge in [-0.05, 0) is 63.7 Å². The van der Waals surface area contributed by atoms with E-state index in [1.165, 1.54) is 5.57 Å². The van der Waals surface area contributed by atoms with Gasteiger partial charge in [0.2, 0.25) is 5.91 Å². The molecule has 4 heteroatoms. The first-order valence-corrected chi connectivity index (χ1v) is 12.4. The van der Waals surface area contributed by atoms with E-state index in [2.05, 4.69) is 55.3 Å². The molecule has 1 fully saturated rings. The molecule has 0 atom stereocenters. The van der Waals surface area contributed by atoms with Crippen molar-refractivity contribution in [1.29, 1.82) is 0 Å². The van der Waals surface area contributed by atoms with Crippen LogP contribution in [0.1, 0.15) is 72.8 Å². The minimum Gasteiger partial charge on any atom is -0.493 e. The number of allylic oxidation sites excluding steroid dienone is 2. The normalized spacial score (nSPS) is 15.9. The molecule has 2 rings (SSSR count). The predicted octanol–water partition coefficient (Wildman–Crippen LogP) is 6.31. The van der Waals surface area contributed by atoms with Crippen molar-refractivity contribution in [2.45, 2.75) is 80.2 Å². The van der Waals surface area contributed by atoms with Gasteiger partial charge in [0.25, 0.3) is 0 Å². The maximum Gasteiger partial charge on any atom is 0.225 e. The van der Waals surface area contributed by atoms with Crippen molar-refractivity contribution < 1.29 is 9.53 Å². The highest BCUT2D eigenvalue weighted by atomic mass is 16.5. The molecular weight excluding hydrogens is 396 g/mol. The molecule has 0 radical (unpaired) electrons. The van der Waals surface area contributed by atoms with Crippen LogP contribution in [0, 0.1) is 12.3 Å². The number of hydrogen-bond acceptors (Lipinski definition) is 3. The SMILES string of the molecule is C/C=C\C(=C/C)CN1CCC(NC(=O)C(C)(C)CCCOc2ccccc2C)CC1.CC. The first-order chi connectivity index (χ1) is 15.4. The van der Waals surface area contributed by atoms with E-state index in [1.807, 2.05) is 45.9 Å². The molecule has 4 nitrogen and oxygen atoms in total. The number of nitrogens with zero attached hydrogens (tertiary/aromatic N) is 1. The fourth-order valence-electron chi connectivity index (χ4n) is 3.86. The lowest BCUT2D eigenvalue weighted by atomic mass is 9.86. The molecule has 1 aliphatic heterocycles. The molecule has 1 saturated heterocycles. The second-order valence-corrected chi connectivity index (χ2v) is 8.99. The molecule has 0 saturated carbocycles. The molecule has 0 bridgehead atoms. The Labute approximate surface area is 197 Å². The van der Waals surface area contributed by atoms with Gasteiger partial charge in [-0.1, -0.05) is 64.1 Å². The molecule has 0 aromatic heterocycles. The second-order valence-electron chi connectivity index (χ2n) is 8.99. The zero-order valence-electron chi connectivity index (χ0n) is 21.5. The number of rotatable bonds is 10. The summed E-state index contributed by atoms with van der Waals surface area (Å²) in [6, 6.07) is 8.34. The van der Waals surface area contributed by atoms with Gasteiger partial charge in [0.05, 0.1) is 6.61 Å². The van der Waals surface area contributed by atoms with Crippen LogP contribution in [0.4, 0.5) is 0 Å². The molecule has 32 heavy (non-hydrogen) atoms. The van der Waals surface area contributed by atoms with Gasteiger partial charge in [-0.25, -0.2) is 0 Å². The van der Waals surface area contributed by atoms with Gasteiger partial charge >= 0.3 is 0 Å². The minimum absolute atomic E-state index is 0.167. The number of aryl methyl sites for hydroxylation is 1. The second kappa shape index (κ2) is 14.9. The molecule has 180 valence electrons. The number of nitrogens with one attached hydrogen (secondary N) is 1. The van der Waals surface area contributed by atoms with E-state index in [1.54, 1.807) is 0 Å². The highest BCUT2D eigenvalue weighted by molar-refractivity contribution is 5.82. The van der Waals surface area contributed by atoms with Crippen molar-refractivity contribution in [2.24, 2.45) is 5.41 Å². The number of ether oxygens (including phenoxy) is 1. The summed E-state index contributed by atoms with van der Waals surface area (Å²) in [6.45, 7) is 18.0. The van der Waals surface area contributed by atoms with Gasteiger partial charge in [-0.15, -0.1) is 0 Å². The summed E-state index contributed by atoms with van der Waals surface area (Å²) in [7, 11) is 0. The molecule has 0 unspecified atom stereocenters. The van der Waals surface area contributed by atoms with Crippen LogP contribution in [0.3, 0.4) is 0 Å². The third kappa shape index (κ3) is 9.60. The van der Waals surface area contributed by atoms with E-state index in [0.717, 1.165) is 56.6 Å². The van der Waals surface area contributed by atoms with Crippen molar-refractivity contribution in [2.75, 3.05) is 26.2 Å². The van der Waals surface area contributed by atoms with Crippen LogP contribution < -0.4 is 10.1 Å². The Hall–Kier alpha value is -2.07. The van der Waals surface area contributed by atoms with E-state index in [0.29, 0.717) is 6.61 Å². The summed E-state index contributed by atoms with van der Waals surface area (Å²) in [5.41, 5.74) is 2.12. The average molecular weight is 443 g/mol. The molecule has 1 heterocycles. The number of carbonyl (C=O) groups excluding carboxylic acids is 1. The molecule has 1 amide bonds. The Balaban J connectivity index is 0.00000249. The van der Waals surface area contributed by atoms with Crippen LogP contribution in [-0.2, 0) is 4.79 Å². The monoisotopic (exact) mass is 442 g/mol. The summed E-state index contributed by atoms with van der Waals surface area (Å²) >= 11 is 0. The van der Waals surface area contributed by atoms with E-state index in [9.17, 15) is 4.79 Å². The van der Waals surface area contributed by atoms with Crippen LogP contribution in [0.5, 0.6) is 5.75 Å². The first-order valence-electron chi connectivity index (χ1n) is 12.4. The van der Waals surface area contributed by atoms with Gasteiger partial charge in [-0.3, -0.25) is 9.69 Å². The number of amides is 1. The lowest BCUT2D eigenvalue weighted by Crippen LogP contribution is -2.48. The van der Waals surface area contributed by atoms with Crippen molar-refractivity contribution in [3.05, 3.63) is 53.6 Å². The smallest absolute Gasteiger partial charge is 0.225 e. The predicted molar refractivity (Wildman–Crippen MR) is 137 cm³/mol. The molecule has 1 N–H and O–H groups in total. The summed E-state index contributed by atoms with van der Waals surface area (Å²) in [5.74, 6) is 1.10. The third-order valence-corrected chi connectivity index (χ3v) is 5.99. The van der Waals surface area contributed by atoms with Gasteiger partial charge < -0.3 is 10.1 Å². The minimum atomic E-state index is -0.379. The Bertz CT molecular complexity index is 729. The number of benzene rings is 1. The van der Waals surface area contributed by atoms with Gasteiger partial charge in [0.1, 0.15) is 5.75 Å². The van der Waals surface area contributed by atoms with Crippen LogP contribution in [0.15, 0.2) is 48.1 Å². The van der Waals surface area contributed by atoms with Crippen molar-refractivity contribution >= 4 is 5.91 Å². The number of hydrogen-bond donors (Lipinski definition) is 1. The Morgan fingerprint density at radius 2 is 1.84 bits per heavy atom. The highest BCUT2D eigenvalue weighted by Crippen LogP contribution is 2.25. The molecule has 1 aromatic carbocycles. The topological polar surface area (TPSA) is 41.6 Å². The lowest BCUT2D eigenvalue weighted by Gasteiger charge is -2.34. The third-order valence-electron chi connectivity index (χ3n) is 5.99. The van der Waals surface area contributed by atoms with Gasteiger partial charge in [0.15, 0.2) is 0 Å². The van der Waals surface area contributed by atoms with Crippen LogP contribution in [-0.4, -0.2) is 43.1 Å². The molecule has 0 aliphatic carbocycles. The standard InChI is InChI=1S/C26H40N2O2.C2H6/c1-6-11-22(7-2)20-28-17-14-23(15-18-28)27-25(29)26(4,5)16-10-19-30-24-13-9-8-12-21(24)3;1-2/h6-9,11-13,23H,10,14-20H2,1-5H3,(H,27,29);1-2H3/b11-6-,22-7+;. The Morgan fingerprint density at radius 1 is 1.19 bits per heavy atom. The quantitative estimate of drug-likeness (QED) is 0.341. The molecular formula is C28H46N2O2. The van der Waals surface area contributed by atoms with E-state index < -0.39 is 0 Å². The lowest BCUT2D eigenvalue weighted by molar-refractivity contribution is -0.130. The van der Waals surface area contributed by atoms with Crippen LogP contribution >= 0.6 is 0 Å². The van der Waals surface area contributed by atoms with Gasteiger partial charge in [0, 0.05) is 31.1 Å². The van der Waals surface area contributed by atoms with E-state index in [-0.39, 0.29) is 17.4 Å². The zero-order chi connectivity index (χ0) is 24.0. The van der Waals surface area contributed by atoms with Crippen LogP contribution in [0.2, 0.25) is 0 Å². The largest absolute Gasteiger partial charge is 0.493 e. The fraction of sp³-hybridized carbons (Fsp3) is 0.607. The number of piperidine rings is 1. The van der Waals surface area contributed by atoms with Crippen molar-refractivity contribution in [3.8, 4) is 5.75 Å². The maximum atomic E-state index is 12.9. The Kier molecular flexibility index (Phi) is 13.0. The highest BCUT2D eigenvalue weighted by Gasteiger charge is 2.30. The summed E-state index contributed by atoms with van der Waals surface area (Å²) in [6.07, 6.45) is 10.2. The zero-order valence-corrected chi connectivity index (χ0v) is 21.5. The first kappa shape index (κ1) is 28.0. The van der Waals surface area contributed by atoms with Gasteiger partial charge in [-0.2, -0.15) is 0 Å². The Morgan fingerprint density at radius 3 is 2.44 bits per heavy atom. The molecule has 1 aromatic rings. The number of likely N-dealkylation sites (tertiary alicyclic amines) is 1. The summed E-state index contributed by atoms with van der Waals surface area (Å²) in [4.78, 5) is 15.3. The van der Waals surface area contributed by atoms with E-state index >= 15 is 0 Å². The molecule has 0 spiro atoms.